The van der Waals surface area contributed by atoms with Crippen LogP contribution >= 0.6 is 15.9 Å². The Kier molecular flexibility index (Phi) is 4.94. The van der Waals surface area contributed by atoms with E-state index in [1.165, 1.54) is 0 Å². The molecular weight excluding hydrogens is 342 g/mol. The van der Waals surface area contributed by atoms with E-state index >= 15 is 0 Å². The van der Waals surface area contributed by atoms with Gasteiger partial charge in [0.1, 0.15) is 5.82 Å². The molecule has 1 N–H and O–H groups in total. The zero-order chi connectivity index (χ0) is 14.8. The van der Waals surface area contributed by atoms with E-state index in [9.17, 15) is 4.21 Å². The average molecular weight is 362 g/mol. The molecule has 1 aliphatic rings. The molecule has 2 heterocycles. The molecule has 5 nitrogen and oxygen atoms in total. The van der Waals surface area contributed by atoms with Gasteiger partial charge in [0.15, 0.2) is 0 Å². The molecule has 1 aromatic heterocycles. The van der Waals surface area contributed by atoms with Crippen molar-refractivity contribution >= 4 is 26.9 Å². The number of rotatable bonds is 3. The number of hydrogen-bond donors (Lipinski definition) is 1. The minimum absolute atomic E-state index is 0.333. The molecule has 1 fully saturated rings. The van der Waals surface area contributed by atoms with Gasteiger partial charge in [0.25, 0.3) is 0 Å². The number of nitrogens with zero attached hydrogens (tertiary/aromatic N) is 2. The third kappa shape index (κ3) is 3.63. The lowest BCUT2D eigenvalue weighted by molar-refractivity contribution is 0.0429. The van der Waals surface area contributed by atoms with Crippen LogP contribution in [-0.2, 0) is 21.3 Å². The van der Waals surface area contributed by atoms with Crippen LogP contribution in [0.3, 0.4) is 0 Å². The minimum atomic E-state index is -1.18. The molecule has 1 aliphatic heterocycles. The van der Waals surface area contributed by atoms with Crippen molar-refractivity contribution < 1.29 is 8.95 Å². The average Bonchev–Trinajstić information content (AvgIpc) is 2.39. The monoisotopic (exact) mass is 361 g/mol. The van der Waals surface area contributed by atoms with Gasteiger partial charge in [-0.1, -0.05) is 0 Å². The second-order valence-corrected chi connectivity index (χ2v) is 8.78. The molecule has 0 amide bonds. The Hall–Kier alpha value is -0.370. The van der Waals surface area contributed by atoms with Gasteiger partial charge in [0.05, 0.1) is 25.7 Å². The van der Waals surface area contributed by atoms with Gasteiger partial charge in [-0.15, -0.1) is 0 Å². The van der Waals surface area contributed by atoms with Crippen molar-refractivity contribution in [3.63, 3.8) is 0 Å². The number of halogens is 1. The first-order valence-corrected chi connectivity index (χ1v) is 8.53. The maximum absolute atomic E-state index is 12.5. The van der Waals surface area contributed by atoms with Gasteiger partial charge >= 0.3 is 0 Å². The van der Waals surface area contributed by atoms with Crippen molar-refractivity contribution in [1.82, 2.24) is 14.7 Å². The molecule has 0 aliphatic carbocycles. The van der Waals surface area contributed by atoms with E-state index in [4.69, 9.17) is 4.74 Å². The van der Waals surface area contributed by atoms with E-state index in [-0.39, 0.29) is 4.75 Å². The first-order valence-electron chi connectivity index (χ1n) is 6.59. The van der Waals surface area contributed by atoms with Gasteiger partial charge in [-0.05, 0) is 49.5 Å². The van der Waals surface area contributed by atoms with Crippen LogP contribution in [0, 0.1) is 0 Å². The van der Waals surface area contributed by atoms with Crippen molar-refractivity contribution in [3.8, 4) is 0 Å². The Labute approximate surface area is 130 Å². The summed E-state index contributed by atoms with van der Waals surface area (Å²) >= 11 is 3.34. The fraction of sp³-hybridized carbons (Fsp3) is 0.692. The first-order chi connectivity index (χ1) is 9.33. The normalized spacial score (nSPS) is 20.6. The SMILES string of the molecule is CC(C)(C)S(=O)NC1(c2ncc(Br)cn2)CCOCC1. The summed E-state index contributed by atoms with van der Waals surface area (Å²) in [6, 6.07) is 0. The predicted molar refractivity (Wildman–Crippen MR) is 82.5 cm³/mol. The molecule has 1 aromatic rings. The van der Waals surface area contributed by atoms with Gasteiger partial charge in [0.2, 0.25) is 0 Å². The van der Waals surface area contributed by atoms with E-state index in [1.54, 1.807) is 12.4 Å². The highest BCUT2D eigenvalue weighted by Crippen LogP contribution is 2.31. The molecule has 0 spiro atoms. The largest absolute Gasteiger partial charge is 0.381 e. The first kappa shape index (κ1) is 16.0. The fourth-order valence-corrected chi connectivity index (χ4v) is 3.14. The summed E-state index contributed by atoms with van der Waals surface area (Å²) < 4.78 is 21.7. The number of hydrogen-bond acceptors (Lipinski definition) is 4. The van der Waals surface area contributed by atoms with E-state index in [0.29, 0.717) is 19.0 Å². The van der Waals surface area contributed by atoms with Crippen LogP contribution in [0.1, 0.15) is 39.4 Å². The summed E-state index contributed by atoms with van der Waals surface area (Å²) in [6.07, 6.45) is 4.88. The highest BCUT2D eigenvalue weighted by Gasteiger charge is 2.40. The van der Waals surface area contributed by atoms with Crippen molar-refractivity contribution in [2.24, 2.45) is 0 Å². The smallest absolute Gasteiger partial charge is 0.149 e. The highest BCUT2D eigenvalue weighted by molar-refractivity contribution is 9.10. The van der Waals surface area contributed by atoms with Crippen molar-refractivity contribution in [2.75, 3.05) is 13.2 Å². The van der Waals surface area contributed by atoms with E-state index < -0.39 is 16.5 Å². The Morgan fingerprint density at radius 1 is 1.30 bits per heavy atom. The second-order valence-electron chi connectivity index (χ2n) is 5.90. The highest BCUT2D eigenvalue weighted by atomic mass is 79.9. The molecule has 0 aromatic carbocycles. The fourth-order valence-electron chi connectivity index (χ4n) is 1.98. The van der Waals surface area contributed by atoms with Crippen LogP contribution in [0.4, 0.5) is 0 Å². The molecule has 20 heavy (non-hydrogen) atoms. The Morgan fingerprint density at radius 2 is 1.85 bits per heavy atom. The molecule has 2 rings (SSSR count). The Balaban J connectivity index is 2.30. The van der Waals surface area contributed by atoms with Crippen molar-refractivity contribution in [2.45, 2.75) is 43.9 Å². The van der Waals surface area contributed by atoms with Crippen LogP contribution in [0.15, 0.2) is 16.9 Å². The maximum atomic E-state index is 12.5. The van der Waals surface area contributed by atoms with Crippen LogP contribution in [-0.4, -0.2) is 32.1 Å². The zero-order valence-corrected chi connectivity index (χ0v) is 14.4. The molecule has 1 unspecified atom stereocenters. The summed E-state index contributed by atoms with van der Waals surface area (Å²) in [5, 5.41) is 0. The summed E-state index contributed by atoms with van der Waals surface area (Å²) in [4.78, 5) is 8.80. The van der Waals surface area contributed by atoms with E-state index in [0.717, 1.165) is 17.3 Å². The molecule has 0 bridgehead atoms. The number of aromatic nitrogens is 2. The number of nitrogens with one attached hydrogen (secondary N) is 1. The van der Waals surface area contributed by atoms with Crippen LogP contribution in [0.5, 0.6) is 0 Å². The molecular formula is C13H20BrN3O2S. The van der Waals surface area contributed by atoms with Gasteiger partial charge < -0.3 is 4.74 Å². The number of ether oxygens (including phenoxy) is 1. The lowest BCUT2D eigenvalue weighted by Gasteiger charge is -2.37. The summed E-state index contributed by atoms with van der Waals surface area (Å²) in [5.74, 6) is 0.682. The molecule has 7 heteroatoms. The second kappa shape index (κ2) is 6.17. The summed E-state index contributed by atoms with van der Waals surface area (Å²) in [5.41, 5.74) is -0.475. The van der Waals surface area contributed by atoms with Gasteiger partial charge in [-0.2, -0.15) is 0 Å². The summed E-state index contributed by atoms with van der Waals surface area (Å²) in [7, 11) is -1.18. The quantitative estimate of drug-likeness (QED) is 0.896. The van der Waals surface area contributed by atoms with Gasteiger partial charge in [-0.25, -0.2) is 18.9 Å². The molecule has 0 radical (unpaired) electrons. The zero-order valence-electron chi connectivity index (χ0n) is 12.0. The van der Waals surface area contributed by atoms with Crippen molar-refractivity contribution in [3.05, 3.63) is 22.7 Å². The molecule has 1 saturated heterocycles. The summed E-state index contributed by atoms with van der Waals surface area (Å²) in [6.45, 7) is 7.09. The Morgan fingerprint density at radius 3 is 2.35 bits per heavy atom. The van der Waals surface area contributed by atoms with Crippen LogP contribution < -0.4 is 4.72 Å². The van der Waals surface area contributed by atoms with E-state index in [2.05, 4.69) is 30.6 Å². The third-order valence-corrected chi connectivity index (χ3v) is 5.34. The standard InChI is InChI=1S/C13H20BrN3O2S/c1-12(2,3)20(18)17-13(4-6-19-7-5-13)11-15-8-10(14)9-16-11/h8-9,17H,4-7H2,1-3H3. The Bertz CT molecular complexity index is 481. The lowest BCUT2D eigenvalue weighted by Crippen LogP contribution is -2.51. The topological polar surface area (TPSA) is 64.1 Å². The van der Waals surface area contributed by atoms with Crippen LogP contribution in [0.25, 0.3) is 0 Å². The maximum Gasteiger partial charge on any atom is 0.149 e. The lowest BCUT2D eigenvalue weighted by atomic mass is 9.90. The minimum Gasteiger partial charge on any atom is -0.381 e. The van der Waals surface area contributed by atoms with Gasteiger partial charge in [-0.3, -0.25) is 0 Å². The molecule has 0 saturated carbocycles. The van der Waals surface area contributed by atoms with E-state index in [1.807, 2.05) is 20.8 Å². The van der Waals surface area contributed by atoms with Crippen molar-refractivity contribution in [1.29, 1.82) is 0 Å². The third-order valence-electron chi connectivity index (χ3n) is 3.24. The van der Waals surface area contributed by atoms with Gasteiger partial charge in [0, 0.05) is 25.6 Å². The predicted octanol–water partition coefficient (Wildman–Crippen LogP) is 2.30. The molecule has 1 atom stereocenters. The van der Waals surface area contributed by atoms with Crippen LogP contribution in [0.2, 0.25) is 0 Å². The molecule has 112 valence electrons.